The summed E-state index contributed by atoms with van der Waals surface area (Å²) in [5.74, 6) is -0.357. The fourth-order valence-electron chi connectivity index (χ4n) is 3.00. The molecule has 2 N–H and O–H groups in total. The number of nitrogens with zero attached hydrogens (tertiary/aromatic N) is 2. The Morgan fingerprint density at radius 2 is 1.72 bits per heavy atom. The van der Waals surface area contributed by atoms with E-state index in [2.05, 4.69) is 10.6 Å². The first-order chi connectivity index (χ1) is 13.9. The SMILES string of the molecule is O=C(CCN1CCN(S(=O)(=O)c2cccs2)CC1)NC(=O)NCc1ccccc1. The molecule has 156 valence electrons. The highest BCUT2D eigenvalue weighted by Crippen LogP contribution is 2.21. The zero-order chi connectivity index (χ0) is 20.7. The maximum absolute atomic E-state index is 12.5. The van der Waals surface area contributed by atoms with Gasteiger partial charge in [0.25, 0.3) is 10.0 Å². The molecule has 1 aromatic heterocycles. The van der Waals surface area contributed by atoms with Crippen LogP contribution >= 0.6 is 11.3 Å². The van der Waals surface area contributed by atoms with Crippen LogP contribution in [-0.2, 0) is 21.4 Å². The van der Waals surface area contributed by atoms with Crippen LogP contribution in [0.25, 0.3) is 0 Å². The number of sulfonamides is 1. The number of hydrogen-bond donors (Lipinski definition) is 2. The molecule has 1 aliphatic heterocycles. The molecule has 0 bridgehead atoms. The number of rotatable bonds is 7. The van der Waals surface area contributed by atoms with Crippen LogP contribution in [-0.4, -0.2) is 62.3 Å². The minimum atomic E-state index is -3.43. The third kappa shape index (κ3) is 6.10. The molecule has 3 amide bonds. The average Bonchev–Trinajstić information content (AvgIpc) is 3.28. The highest BCUT2D eigenvalue weighted by Gasteiger charge is 2.29. The zero-order valence-corrected chi connectivity index (χ0v) is 17.5. The fraction of sp³-hybridized carbons (Fsp3) is 0.368. The summed E-state index contributed by atoms with van der Waals surface area (Å²) < 4.78 is 26.9. The quantitative estimate of drug-likeness (QED) is 0.685. The molecule has 0 aliphatic carbocycles. The van der Waals surface area contributed by atoms with Gasteiger partial charge in [0.2, 0.25) is 5.91 Å². The number of hydrogen-bond acceptors (Lipinski definition) is 6. The predicted molar refractivity (Wildman–Crippen MR) is 111 cm³/mol. The van der Waals surface area contributed by atoms with E-state index >= 15 is 0 Å². The van der Waals surface area contributed by atoms with Gasteiger partial charge in [-0.2, -0.15) is 4.31 Å². The maximum Gasteiger partial charge on any atom is 0.321 e. The van der Waals surface area contributed by atoms with Gasteiger partial charge in [0, 0.05) is 45.7 Å². The lowest BCUT2D eigenvalue weighted by atomic mass is 10.2. The van der Waals surface area contributed by atoms with Crippen LogP contribution in [0.3, 0.4) is 0 Å². The topological polar surface area (TPSA) is 98.8 Å². The lowest BCUT2D eigenvalue weighted by Crippen LogP contribution is -2.49. The van der Waals surface area contributed by atoms with Gasteiger partial charge in [-0.05, 0) is 17.0 Å². The molecule has 1 fully saturated rings. The summed E-state index contributed by atoms with van der Waals surface area (Å²) in [6.45, 7) is 2.71. The number of benzene rings is 1. The number of amides is 3. The van der Waals surface area contributed by atoms with Crippen molar-refractivity contribution in [2.45, 2.75) is 17.2 Å². The first-order valence-electron chi connectivity index (χ1n) is 9.33. The van der Waals surface area contributed by atoms with Crippen LogP contribution < -0.4 is 10.6 Å². The van der Waals surface area contributed by atoms with E-state index in [9.17, 15) is 18.0 Å². The summed E-state index contributed by atoms with van der Waals surface area (Å²) in [7, 11) is -3.43. The van der Waals surface area contributed by atoms with E-state index in [0.717, 1.165) is 5.56 Å². The molecule has 1 aliphatic rings. The summed E-state index contributed by atoms with van der Waals surface area (Å²) in [5, 5.41) is 6.72. The number of nitrogens with one attached hydrogen (secondary N) is 2. The van der Waals surface area contributed by atoms with E-state index in [0.29, 0.717) is 43.5 Å². The molecule has 0 spiro atoms. The Morgan fingerprint density at radius 3 is 2.38 bits per heavy atom. The van der Waals surface area contributed by atoms with E-state index < -0.39 is 16.1 Å². The van der Waals surface area contributed by atoms with Crippen molar-refractivity contribution in [1.82, 2.24) is 19.8 Å². The summed E-state index contributed by atoms with van der Waals surface area (Å²) in [6, 6.07) is 12.2. The van der Waals surface area contributed by atoms with Gasteiger partial charge in [0.05, 0.1) is 0 Å². The number of carbonyl (C=O) groups excluding carboxylic acids is 2. The molecule has 0 atom stereocenters. The van der Waals surface area contributed by atoms with Crippen molar-refractivity contribution in [1.29, 1.82) is 0 Å². The number of thiophene rings is 1. The third-order valence-corrected chi connectivity index (χ3v) is 7.90. The van der Waals surface area contributed by atoms with Crippen LogP contribution in [0, 0.1) is 0 Å². The van der Waals surface area contributed by atoms with Crippen LogP contribution in [0.2, 0.25) is 0 Å². The minimum absolute atomic E-state index is 0.177. The van der Waals surface area contributed by atoms with Crippen molar-refractivity contribution >= 4 is 33.3 Å². The lowest BCUT2D eigenvalue weighted by Gasteiger charge is -2.33. The lowest BCUT2D eigenvalue weighted by molar-refractivity contribution is -0.120. The molecular formula is C19H24N4O4S2. The molecule has 10 heteroatoms. The molecular weight excluding hydrogens is 412 g/mol. The summed E-state index contributed by atoms with van der Waals surface area (Å²) in [4.78, 5) is 25.8. The smallest absolute Gasteiger partial charge is 0.321 e. The second-order valence-corrected chi connectivity index (χ2v) is 9.76. The number of imide groups is 1. The standard InChI is InChI=1S/C19H24N4O4S2/c24-17(21-19(25)20-15-16-5-2-1-3-6-16)8-9-22-10-12-23(13-11-22)29(26,27)18-7-4-14-28-18/h1-7,14H,8-13,15H2,(H2,20,21,24,25). The van der Waals surface area contributed by atoms with Crippen LogP contribution in [0.4, 0.5) is 4.79 Å². The Hall–Kier alpha value is -2.27. The Bertz CT molecular complexity index is 909. The normalized spacial score (nSPS) is 15.7. The van der Waals surface area contributed by atoms with Crippen molar-refractivity contribution in [3.05, 3.63) is 53.4 Å². The molecule has 29 heavy (non-hydrogen) atoms. The van der Waals surface area contributed by atoms with Gasteiger partial charge >= 0.3 is 6.03 Å². The van der Waals surface area contributed by atoms with Gasteiger partial charge in [0.1, 0.15) is 4.21 Å². The maximum atomic E-state index is 12.5. The average molecular weight is 437 g/mol. The van der Waals surface area contributed by atoms with E-state index in [1.54, 1.807) is 17.5 Å². The zero-order valence-electron chi connectivity index (χ0n) is 15.9. The summed E-state index contributed by atoms with van der Waals surface area (Å²) in [6.07, 6.45) is 0.177. The van der Waals surface area contributed by atoms with Crippen LogP contribution in [0.15, 0.2) is 52.1 Å². The van der Waals surface area contributed by atoms with Crippen molar-refractivity contribution in [3.63, 3.8) is 0 Å². The molecule has 3 rings (SSSR count). The molecule has 2 heterocycles. The van der Waals surface area contributed by atoms with Crippen LogP contribution in [0.1, 0.15) is 12.0 Å². The van der Waals surface area contributed by atoms with Crippen molar-refractivity contribution < 1.29 is 18.0 Å². The first-order valence-corrected chi connectivity index (χ1v) is 11.6. The van der Waals surface area contributed by atoms with E-state index in [1.807, 2.05) is 35.2 Å². The van der Waals surface area contributed by atoms with Crippen LogP contribution in [0.5, 0.6) is 0 Å². The number of piperazine rings is 1. The van der Waals surface area contributed by atoms with Gasteiger partial charge in [0.15, 0.2) is 0 Å². The first kappa shape index (κ1) is 21.4. The largest absolute Gasteiger partial charge is 0.334 e. The third-order valence-electron chi connectivity index (χ3n) is 4.62. The van der Waals surface area contributed by atoms with E-state index in [-0.39, 0.29) is 12.3 Å². The molecule has 0 saturated carbocycles. The fourth-order valence-corrected chi connectivity index (χ4v) is 5.57. The van der Waals surface area contributed by atoms with Crippen molar-refractivity contribution in [3.8, 4) is 0 Å². The Morgan fingerprint density at radius 1 is 1.00 bits per heavy atom. The van der Waals surface area contributed by atoms with E-state index in [1.165, 1.54) is 15.6 Å². The van der Waals surface area contributed by atoms with Gasteiger partial charge in [-0.3, -0.25) is 10.1 Å². The molecule has 1 saturated heterocycles. The monoisotopic (exact) mass is 436 g/mol. The highest BCUT2D eigenvalue weighted by atomic mass is 32.2. The number of carbonyl (C=O) groups is 2. The molecule has 0 radical (unpaired) electrons. The number of urea groups is 1. The van der Waals surface area contributed by atoms with Crippen molar-refractivity contribution in [2.24, 2.45) is 0 Å². The van der Waals surface area contributed by atoms with Crippen molar-refractivity contribution in [2.75, 3.05) is 32.7 Å². The van der Waals surface area contributed by atoms with E-state index in [4.69, 9.17) is 0 Å². The van der Waals surface area contributed by atoms with Gasteiger partial charge < -0.3 is 10.2 Å². The summed E-state index contributed by atoms with van der Waals surface area (Å²) >= 11 is 1.21. The van der Waals surface area contributed by atoms with Gasteiger partial charge in [-0.1, -0.05) is 36.4 Å². The molecule has 2 aromatic rings. The van der Waals surface area contributed by atoms with Gasteiger partial charge in [-0.15, -0.1) is 11.3 Å². The highest BCUT2D eigenvalue weighted by molar-refractivity contribution is 7.91. The summed E-state index contributed by atoms with van der Waals surface area (Å²) in [5.41, 5.74) is 0.950. The molecule has 1 aromatic carbocycles. The second-order valence-electron chi connectivity index (χ2n) is 6.64. The Labute approximate surface area is 174 Å². The second kappa shape index (κ2) is 9.97. The molecule has 8 nitrogen and oxygen atoms in total. The Kier molecular flexibility index (Phi) is 7.37. The minimum Gasteiger partial charge on any atom is -0.334 e. The molecule has 0 unspecified atom stereocenters. The Balaban J connectivity index is 1.35. The predicted octanol–water partition coefficient (Wildman–Crippen LogP) is 1.47. The van der Waals surface area contributed by atoms with Gasteiger partial charge in [-0.25, -0.2) is 13.2 Å².